The predicted molar refractivity (Wildman–Crippen MR) is 278 cm³/mol. The first-order chi connectivity index (χ1) is 33.1. The van der Waals surface area contributed by atoms with Crippen LogP contribution in [-0.2, 0) is 18.0 Å². The lowest BCUT2D eigenvalue weighted by molar-refractivity contribution is -0.112. The Morgan fingerprint density at radius 2 is 0.896 bits per heavy atom. The average Bonchev–Trinajstić information content (AvgIpc) is 3.39. The summed E-state index contributed by atoms with van der Waals surface area (Å²) in [6.07, 6.45) is -1.37. The van der Waals surface area contributed by atoms with Gasteiger partial charge in [0.1, 0.15) is 23.9 Å². The number of aliphatic hydroxyl groups excluding tert-OH is 1. The average molecular weight is 911 g/mol. The van der Waals surface area contributed by atoms with Gasteiger partial charge in [-0.25, -0.2) is 0 Å². The lowest BCUT2D eigenvalue weighted by Gasteiger charge is -2.28. The molecule has 1 N–H and O–H groups in total. The van der Waals surface area contributed by atoms with Crippen molar-refractivity contribution in [3.05, 3.63) is 259 Å². The van der Waals surface area contributed by atoms with Gasteiger partial charge in [0.15, 0.2) is 22.6 Å². The number of benzene rings is 10. The molecule has 10 aromatic rings. The Hall–Kier alpha value is -7.10. The van der Waals surface area contributed by atoms with E-state index in [-0.39, 0.29) is 6.61 Å². The fourth-order valence-corrected chi connectivity index (χ4v) is 11.7. The summed E-state index contributed by atoms with van der Waals surface area (Å²) in [7, 11) is -2.79. The van der Waals surface area contributed by atoms with Crippen LogP contribution >= 0.6 is 16.3 Å². The third kappa shape index (κ3) is 10.0. The lowest BCUT2D eigenvalue weighted by Crippen LogP contribution is -2.17. The molecule has 1 atom stereocenters. The van der Waals surface area contributed by atoms with Gasteiger partial charge in [-0.3, -0.25) is 0 Å². The van der Waals surface area contributed by atoms with Crippen molar-refractivity contribution in [2.75, 3.05) is 0 Å². The smallest absolute Gasteiger partial charge is 0.185 e. The van der Waals surface area contributed by atoms with Crippen molar-refractivity contribution >= 4 is 59.1 Å². The predicted octanol–water partition coefficient (Wildman–Crippen LogP) is 13.6. The molecule has 0 saturated heterocycles. The molecule has 0 bridgehead atoms. The Morgan fingerprint density at radius 1 is 0.433 bits per heavy atom. The first-order valence-electron chi connectivity index (χ1n) is 22.4. The van der Waals surface area contributed by atoms with Gasteiger partial charge in [0.2, 0.25) is 0 Å². The van der Waals surface area contributed by atoms with Gasteiger partial charge < -0.3 is 23.6 Å². The van der Waals surface area contributed by atoms with E-state index in [4.69, 9.17) is 18.5 Å². The summed E-state index contributed by atoms with van der Waals surface area (Å²) in [6.45, 7) is 2.70. The fourth-order valence-electron chi connectivity index (χ4n) is 8.22. The minimum atomic E-state index is -1.47. The minimum Gasteiger partial charge on any atom is -0.489 e. The number of ether oxygens (including phenoxy) is 2. The van der Waals surface area contributed by atoms with Gasteiger partial charge in [-0.05, 0) is 63.9 Å². The minimum absolute atomic E-state index is 0.147. The first kappa shape index (κ1) is 43.8. The van der Waals surface area contributed by atoms with E-state index in [0.717, 1.165) is 70.8 Å². The first-order valence-corrected chi connectivity index (χ1v) is 24.9. The molecule has 0 saturated carbocycles. The normalized spacial score (nSPS) is 11.8. The largest absolute Gasteiger partial charge is 0.489 e. The second kappa shape index (κ2) is 20.6. The van der Waals surface area contributed by atoms with Crippen molar-refractivity contribution in [1.29, 1.82) is 0 Å². The molecular formula is C60H48O5P2. The van der Waals surface area contributed by atoms with Crippen LogP contribution in [-0.4, -0.2) is 5.11 Å². The van der Waals surface area contributed by atoms with E-state index in [1.807, 2.05) is 84.9 Å². The van der Waals surface area contributed by atoms with Crippen LogP contribution in [0.1, 0.15) is 28.5 Å². The molecule has 0 amide bonds. The zero-order chi connectivity index (χ0) is 45.4. The number of fused-ring (bicyclic) bond motifs is 2. The van der Waals surface area contributed by atoms with E-state index in [1.54, 1.807) is 0 Å². The number of aliphatic hydroxyl groups is 1. The maximum atomic E-state index is 12.5. The van der Waals surface area contributed by atoms with Crippen molar-refractivity contribution in [2.45, 2.75) is 26.4 Å². The van der Waals surface area contributed by atoms with Crippen molar-refractivity contribution < 1.29 is 23.6 Å². The third-order valence-corrected chi connectivity index (χ3v) is 15.4. The van der Waals surface area contributed by atoms with E-state index < -0.39 is 22.6 Å². The highest BCUT2D eigenvalue weighted by Crippen LogP contribution is 2.54. The van der Waals surface area contributed by atoms with E-state index in [9.17, 15) is 5.11 Å². The van der Waals surface area contributed by atoms with Crippen molar-refractivity contribution in [3.63, 3.8) is 0 Å². The molecule has 0 spiro atoms. The molecule has 10 aromatic carbocycles. The van der Waals surface area contributed by atoms with Gasteiger partial charge in [0.25, 0.3) is 0 Å². The summed E-state index contributed by atoms with van der Waals surface area (Å²) in [4.78, 5) is 0. The SMILES string of the molecule is Cc1ccc(COc2ccc(COC(O)c3cc4ccccc4c(-c4c(OP(c5ccccc5)c5ccccc5)ccc5ccccc45)c3OP(c3ccccc3)c3ccccc3)cc2)cc1. The summed E-state index contributed by atoms with van der Waals surface area (Å²) in [6, 6.07) is 80.6. The molecule has 0 aliphatic heterocycles. The topological polar surface area (TPSA) is 57.2 Å². The number of hydrogen-bond acceptors (Lipinski definition) is 5. The van der Waals surface area contributed by atoms with Gasteiger partial charge in [-0.1, -0.05) is 218 Å². The van der Waals surface area contributed by atoms with Crippen LogP contribution in [0.15, 0.2) is 237 Å². The van der Waals surface area contributed by atoms with Gasteiger partial charge in [0.05, 0.1) is 12.2 Å². The Labute approximate surface area is 394 Å². The molecule has 0 fully saturated rings. The van der Waals surface area contributed by atoms with Crippen LogP contribution in [0.5, 0.6) is 17.2 Å². The lowest BCUT2D eigenvalue weighted by atomic mass is 9.90. The van der Waals surface area contributed by atoms with Crippen molar-refractivity contribution in [2.24, 2.45) is 0 Å². The maximum absolute atomic E-state index is 12.5. The summed E-state index contributed by atoms with van der Waals surface area (Å²) in [5.74, 6) is 1.98. The summed E-state index contributed by atoms with van der Waals surface area (Å²) >= 11 is 0. The van der Waals surface area contributed by atoms with E-state index in [2.05, 4.69) is 159 Å². The fraction of sp³-hybridized carbons (Fsp3) is 0.0667. The zero-order valence-electron chi connectivity index (χ0n) is 37.0. The van der Waals surface area contributed by atoms with E-state index in [0.29, 0.717) is 23.7 Å². The molecule has 0 radical (unpaired) electrons. The number of rotatable bonds is 16. The van der Waals surface area contributed by atoms with Crippen LogP contribution < -0.4 is 35.0 Å². The monoisotopic (exact) mass is 910 g/mol. The Balaban J connectivity index is 1.12. The van der Waals surface area contributed by atoms with Crippen LogP contribution in [0.4, 0.5) is 0 Å². The van der Waals surface area contributed by atoms with Crippen LogP contribution in [0.3, 0.4) is 0 Å². The highest BCUT2D eigenvalue weighted by Gasteiger charge is 2.30. The second-order valence-corrected chi connectivity index (χ2v) is 19.9. The van der Waals surface area contributed by atoms with Gasteiger partial charge in [-0.15, -0.1) is 0 Å². The van der Waals surface area contributed by atoms with Crippen LogP contribution in [0.2, 0.25) is 0 Å². The standard InChI is InChI=1S/C60H48O5P2/c1-43-30-32-44(33-31-43)41-62-48-37-34-45(35-38-48)42-63-60(61)55-40-47-19-15-17-29-54(47)58(59(55)65-67(51-24-10-4-11-25-51)52-26-12-5-13-27-52)57-53-28-16-14-18-46(53)36-39-56(57)64-66(49-20-6-2-7-21-49)50-22-8-3-9-23-50/h2-40,60-61H,41-42H2,1H3. The second-order valence-electron chi connectivity index (χ2n) is 16.2. The van der Waals surface area contributed by atoms with Crippen LogP contribution in [0.25, 0.3) is 32.7 Å². The molecule has 0 aliphatic rings. The van der Waals surface area contributed by atoms with Gasteiger partial charge in [0, 0.05) is 32.3 Å². The highest BCUT2D eigenvalue weighted by atomic mass is 31.1. The third-order valence-electron chi connectivity index (χ3n) is 11.6. The zero-order valence-corrected chi connectivity index (χ0v) is 38.8. The molecule has 7 heteroatoms. The molecule has 1 unspecified atom stereocenters. The molecule has 0 heterocycles. The highest BCUT2D eigenvalue weighted by molar-refractivity contribution is 7.69. The molecule has 0 aromatic heterocycles. The Bertz CT molecular complexity index is 3130. The van der Waals surface area contributed by atoms with Gasteiger partial charge >= 0.3 is 0 Å². The van der Waals surface area contributed by atoms with Crippen molar-refractivity contribution in [1.82, 2.24) is 0 Å². The van der Waals surface area contributed by atoms with Gasteiger partial charge in [-0.2, -0.15) is 0 Å². The molecule has 67 heavy (non-hydrogen) atoms. The Morgan fingerprint density at radius 3 is 1.46 bits per heavy atom. The molecule has 10 rings (SSSR count). The summed E-state index contributed by atoms with van der Waals surface area (Å²) in [5.41, 5.74) is 5.40. The number of aryl methyl sites for hydroxylation is 1. The van der Waals surface area contributed by atoms with E-state index >= 15 is 0 Å². The maximum Gasteiger partial charge on any atom is 0.185 e. The number of hydrogen-bond donors (Lipinski definition) is 1. The Kier molecular flexibility index (Phi) is 13.5. The quantitative estimate of drug-likeness (QED) is 0.0773. The molecule has 328 valence electrons. The molecule has 0 aliphatic carbocycles. The van der Waals surface area contributed by atoms with Crippen molar-refractivity contribution in [3.8, 4) is 28.4 Å². The molecular weight excluding hydrogens is 863 g/mol. The van der Waals surface area contributed by atoms with Crippen LogP contribution in [0, 0.1) is 6.92 Å². The summed E-state index contributed by atoms with van der Waals surface area (Å²) in [5, 5.41) is 20.7. The molecule has 5 nitrogen and oxygen atoms in total. The van der Waals surface area contributed by atoms with E-state index in [1.165, 1.54) is 5.56 Å². The summed E-state index contributed by atoms with van der Waals surface area (Å²) < 4.78 is 27.6.